The molecule has 11 N–H and O–H groups in total. The molecular formula is C32H33N7O6. The summed E-state index contributed by atoms with van der Waals surface area (Å²) in [6.07, 6.45) is -0.628. The van der Waals surface area contributed by atoms with E-state index >= 15 is 0 Å². The second kappa shape index (κ2) is 10.1. The number of nitriles is 1. The predicted octanol–water partition coefficient (Wildman–Crippen LogP) is -0.0465. The number of nitrogen functional groups attached to an aromatic ring is 1. The fourth-order valence-corrected chi connectivity index (χ4v) is 7.08. The van der Waals surface area contributed by atoms with Crippen molar-refractivity contribution in [3.63, 3.8) is 0 Å². The number of Topliss-reactive ketones (excluding diaryl/α,β-unsaturated/α-hetero) is 2. The topological polar surface area (TPSA) is 246 Å². The summed E-state index contributed by atoms with van der Waals surface area (Å²) in [5.41, 5.74) is 18.9. The number of hydrogen-bond donors (Lipinski definition) is 7. The van der Waals surface area contributed by atoms with Gasteiger partial charge in [0.05, 0.1) is 39.9 Å². The summed E-state index contributed by atoms with van der Waals surface area (Å²) < 4.78 is 0. The van der Waals surface area contributed by atoms with Gasteiger partial charge in [-0.2, -0.15) is 5.26 Å². The number of ketones is 2. The summed E-state index contributed by atoms with van der Waals surface area (Å²) in [5, 5.41) is 45.2. The van der Waals surface area contributed by atoms with Crippen LogP contribution in [0.2, 0.25) is 0 Å². The zero-order valence-corrected chi connectivity index (χ0v) is 25.1. The first-order valence-electron chi connectivity index (χ1n) is 13.8. The monoisotopic (exact) mass is 611 g/mol. The van der Waals surface area contributed by atoms with E-state index in [9.17, 15) is 35.0 Å². The number of rotatable bonds is 3. The Balaban J connectivity index is 1.83. The van der Waals surface area contributed by atoms with Gasteiger partial charge in [0.1, 0.15) is 22.8 Å². The zero-order valence-electron chi connectivity index (χ0n) is 25.1. The number of likely N-dealkylation sites (N-methyl/N-ethyl adjacent to an activating group) is 1. The number of carbonyl (C=O) groups excluding carboxylic acids is 3. The van der Waals surface area contributed by atoms with Gasteiger partial charge in [-0.25, -0.2) is 0 Å². The van der Waals surface area contributed by atoms with Crippen LogP contribution < -0.4 is 27.8 Å². The van der Waals surface area contributed by atoms with Crippen LogP contribution in [-0.4, -0.2) is 83.0 Å². The molecule has 0 heterocycles. The maximum atomic E-state index is 14.6. The molecule has 3 aliphatic carbocycles. The lowest BCUT2D eigenvalue weighted by molar-refractivity contribution is -0.139. The summed E-state index contributed by atoms with van der Waals surface area (Å²) in [4.78, 5) is 43.6. The Morgan fingerprint density at radius 3 is 2.20 bits per heavy atom. The van der Waals surface area contributed by atoms with Crippen molar-refractivity contribution in [3.8, 4) is 23.7 Å². The highest BCUT2D eigenvalue weighted by atomic mass is 16.3. The third-order valence-corrected chi connectivity index (χ3v) is 8.96. The number of phenols is 1. The van der Waals surface area contributed by atoms with Crippen LogP contribution in [-0.2, 0) is 20.8 Å². The summed E-state index contributed by atoms with van der Waals surface area (Å²) in [5.74, 6) is -0.121. The number of fused-ring (bicyclic) bond motifs is 3. The molecule has 0 bridgehead atoms. The molecule has 13 heteroatoms. The number of primary amides is 1. The second-order valence-corrected chi connectivity index (χ2v) is 12.2. The van der Waals surface area contributed by atoms with Crippen LogP contribution in [0.3, 0.4) is 0 Å². The van der Waals surface area contributed by atoms with Crippen molar-refractivity contribution in [1.29, 1.82) is 5.26 Å². The maximum absolute atomic E-state index is 14.6. The molecule has 2 aromatic rings. The molecular weight excluding hydrogens is 578 g/mol. The van der Waals surface area contributed by atoms with E-state index in [2.05, 4.69) is 11.8 Å². The Hall–Kier alpha value is -5.34. The van der Waals surface area contributed by atoms with Gasteiger partial charge in [-0.3, -0.25) is 19.3 Å². The lowest BCUT2D eigenvalue weighted by Gasteiger charge is -2.58. The first-order valence-corrected chi connectivity index (χ1v) is 13.8. The first kappa shape index (κ1) is 31.1. The van der Waals surface area contributed by atoms with E-state index in [0.717, 1.165) is 0 Å². The summed E-state index contributed by atoms with van der Waals surface area (Å²) in [7, 11) is 6.39. The molecule has 1 amide bonds. The van der Waals surface area contributed by atoms with Crippen LogP contribution in [0.5, 0.6) is 5.75 Å². The number of aliphatic hydroxyl groups excluding tert-OH is 2. The van der Waals surface area contributed by atoms with E-state index in [1.165, 1.54) is 19.0 Å². The number of benzene rings is 2. The minimum Gasteiger partial charge on any atom is -0.509 e. The standard InChI is InChI=1S/C32H33N7O6/c1-38(2)19-11-16(8-5-15-6-9-17(34)10-7-15)23(40)20-18(19)12-30(36)13-32(37)26(39(3)4)25(42)21(29(35)45)27(43)31(32,14-33)28(44)22(30)24(20)41/h6-7,9-11,26,40-41,43H,12-13,34,36-37H2,1-4H3,(H2,35,45)/t26-,30-,31+,32-/m1/s1. The first-order chi connectivity index (χ1) is 21.0. The van der Waals surface area contributed by atoms with Crippen LogP contribution in [0, 0.1) is 28.6 Å². The van der Waals surface area contributed by atoms with Crippen LogP contribution >= 0.6 is 0 Å². The highest BCUT2D eigenvalue weighted by Crippen LogP contribution is 2.59. The predicted molar refractivity (Wildman–Crippen MR) is 165 cm³/mol. The number of anilines is 2. The van der Waals surface area contributed by atoms with E-state index in [1.54, 1.807) is 55.4 Å². The Kier molecular flexibility index (Phi) is 6.98. The third-order valence-electron chi connectivity index (χ3n) is 8.96. The molecule has 0 aliphatic heterocycles. The lowest BCUT2D eigenvalue weighted by atomic mass is 9.47. The number of hydrogen-bond acceptors (Lipinski definition) is 12. The maximum Gasteiger partial charge on any atom is 0.255 e. The summed E-state index contributed by atoms with van der Waals surface area (Å²) in [6, 6.07) is 8.63. The number of nitrogens with zero attached hydrogens (tertiary/aromatic N) is 3. The molecule has 1 saturated carbocycles. The smallest absolute Gasteiger partial charge is 0.255 e. The van der Waals surface area contributed by atoms with Crippen molar-refractivity contribution in [2.45, 2.75) is 30.0 Å². The van der Waals surface area contributed by atoms with Gasteiger partial charge < -0.3 is 43.2 Å². The summed E-state index contributed by atoms with van der Waals surface area (Å²) >= 11 is 0. The largest absolute Gasteiger partial charge is 0.509 e. The molecule has 4 atom stereocenters. The average Bonchev–Trinajstić information content (AvgIpc) is 2.92. The lowest BCUT2D eigenvalue weighted by Crippen LogP contribution is -2.80. The van der Waals surface area contributed by atoms with E-state index in [-0.39, 0.29) is 17.5 Å². The molecule has 0 unspecified atom stereocenters. The van der Waals surface area contributed by atoms with E-state index < -0.39 is 74.8 Å². The van der Waals surface area contributed by atoms with Crippen molar-refractivity contribution in [2.24, 2.45) is 22.6 Å². The highest BCUT2D eigenvalue weighted by Gasteiger charge is 2.74. The van der Waals surface area contributed by atoms with Crippen LogP contribution in [0.25, 0.3) is 5.76 Å². The Labute approximate surface area is 259 Å². The number of aliphatic hydroxyl groups is 2. The van der Waals surface area contributed by atoms with Crippen molar-refractivity contribution in [1.82, 2.24) is 4.90 Å². The SMILES string of the molecule is CN(C)c1cc(C#Cc2ccc(N)cc2)c(O)c2c1C[C@@]1(N)C[C@@]3(N)[C@H](N(C)C)C(=O)C(C(N)=O)=C(O)[C@@]3(C#N)C(=O)C1=C2O. The van der Waals surface area contributed by atoms with E-state index in [0.29, 0.717) is 22.5 Å². The van der Waals surface area contributed by atoms with Gasteiger partial charge in [-0.05, 0) is 62.8 Å². The van der Waals surface area contributed by atoms with Gasteiger partial charge in [0, 0.05) is 31.0 Å². The minimum absolute atomic E-state index is 0.118. The van der Waals surface area contributed by atoms with Crippen LogP contribution in [0.15, 0.2) is 47.2 Å². The molecule has 45 heavy (non-hydrogen) atoms. The Bertz CT molecular complexity index is 1880. The molecule has 232 valence electrons. The van der Waals surface area contributed by atoms with Gasteiger partial charge in [-0.15, -0.1) is 0 Å². The molecule has 0 saturated heterocycles. The fraction of sp³-hybridized carbons (Fsp3) is 0.312. The van der Waals surface area contributed by atoms with Crippen molar-refractivity contribution >= 4 is 34.6 Å². The second-order valence-electron chi connectivity index (χ2n) is 12.2. The molecule has 1 fully saturated rings. The quantitative estimate of drug-likeness (QED) is 0.137. The van der Waals surface area contributed by atoms with Gasteiger partial charge >= 0.3 is 0 Å². The molecule has 13 nitrogen and oxygen atoms in total. The van der Waals surface area contributed by atoms with Gasteiger partial charge in [0.15, 0.2) is 17.0 Å². The molecule has 0 spiro atoms. The van der Waals surface area contributed by atoms with Crippen LogP contribution in [0.1, 0.15) is 28.7 Å². The number of carbonyl (C=O) groups is 3. The Morgan fingerprint density at radius 1 is 1.04 bits per heavy atom. The van der Waals surface area contributed by atoms with Crippen molar-refractivity contribution in [2.75, 3.05) is 38.8 Å². The van der Waals surface area contributed by atoms with Gasteiger partial charge in [0.2, 0.25) is 0 Å². The number of phenolic OH excluding ortho intramolecular Hbond substituents is 1. The molecule has 0 aromatic heterocycles. The molecule has 5 rings (SSSR count). The summed E-state index contributed by atoms with van der Waals surface area (Å²) in [6.45, 7) is 0. The van der Waals surface area contributed by atoms with E-state index in [4.69, 9.17) is 22.9 Å². The average molecular weight is 612 g/mol. The number of nitrogens with two attached hydrogens (primary N) is 4. The Morgan fingerprint density at radius 2 is 1.67 bits per heavy atom. The van der Waals surface area contributed by atoms with Crippen molar-refractivity contribution < 1.29 is 29.7 Å². The third kappa shape index (κ3) is 4.09. The molecule has 3 aliphatic rings. The van der Waals surface area contributed by atoms with E-state index in [1.807, 2.05) is 0 Å². The number of amides is 1. The zero-order chi connectivity index (χ0) is 33.4. The molecule has 2 aromatic carbocycles. The van der Waals surface area contributed by atoms with Gasteiger partial charge in [-0.1, -0.05) is 11.8 Å². The minimum atomic E-state index is -2.74. The van der Waals surface area contributed by atoms with Gasteiger partial charge in [0.25, 0.3) is 5.91 Å². The number of aromatic hydroxyl groups is 1. The molecule has 0 radical (unpaired) electrons. The highest BCUT2D eigenvalue weighted by molar-refractivity contribution is 6.25. The fourth-order valence-electron chi connectivity index (χ4n) is 7.08. The normalized spacial score (nSPS) is 27.2. The van der Waals surface area contributed by atoms with Crippen molar-refractivity contribution in [3.05, 3.63) is 69.5 Å². The van der Waals surface area contributed by atoms with Crippen LogP contribution in [0.4, 0.5) is 11.4 Å².